The molecule has 3 atom stereocenters. The normalized spacial score (nSPS) is 27.5. The van der Waals surface area contributed by atoms with Gasteiger partial charge in [0.25, 0.3) is 0 Å². The van der Waals surface area contributed by atoms with Crippen LogP contribution in [-0.4, -0.2) is 57.7 Å². The van der Waals surface area contributed by atoms with Gasteiger partial charge in [-0.2, -0.15) is 0 Å². The monoisotopic (exact) mass is 400 g/mol. The minimum Gasteiger partial charge on any atom is -0.478 e. The molecule has 3 rings (SSSR count). The quantitative estimate of drug-likeness (QED) is 0.673. The molecule has 0 radical (unpaired) electrons. The summed E-state index contributed by atoms with van der Waals surface area (Å²) in [6.07, 6.45) is 1.18. The van der Waals surface area contributed by atoms with E-state index < -0.39 is 24.0 Å². The zero-order valence-electron chi connectivity index (χ0n) is 14.0. The zero-order valence-corrected chi connectivity index (χ0v) is 15.6. The van der Waals surface area contributed by atoms with Gasteiger partial charge >= 0.3 is 5.97 Å². The summed E-state index contributed by atoms with van der Waals surface area (Å²) in [5.74, 6) is -1.57. The molecule has 8 heteroatoms. The number of carbonyl (C=O) groups is 1. The number of hydrogen-bond donors (Lipinski definition) is 3. The van der Waals surface area contributed by atoms with Crippen molar-refractivity contribution in [1.82, 2.24) is 0 Å². The molecule has 3 N–H and O–H groups in total. The van der Waals surface area contributed by atoms with Crippen LogP contribution < -0.4 is 0 Å². The Bertz CT molecular complexity index is 682. The summed E-state index contributed by atoms with van der Waals surface area (Å²) < 4.78 is 11.5. The SMILES string of the molecule is O=C(O)C1=CC2(CCC1SCc1cccc(Cl)c1)O[C@H](CO)[C@@H](CO)O2. The lowest BCUT2D eigenvalue weighted by atomic mass is 9.94. The minimum atomic E-state index is -1.19. The third-order valence-electron chi connectivity index (χ3n) is 4.54. The van der Waals surface area contributed by atoms with Crippen molar-refractivity contribution < 1.29 is 29.6 Å². The van der Waals surface area contributed by atoms with E-state index >= 15 is 0 Å². The highest BCUT2D eigenvalue weighted by Gasteiger charge is 2.49. The Hall–Kier alpha value is -1.09. The molecule has 0 bridgehead atoms. The van der Waals surface area contributed by atoms with Crippen LogP contribution in [0, 0.1) is 0 Å². The molecule has 1 unspecified atom stereocenters. The number of hydrogen-bond acceptors (Lipinski definition) is 6. The molecule has 2 aliphatic rings. The number of ether oxygens (including phenoxy) is 2. The van der Waals surface area contributed by atoms with Crippen molar-refractivity contribution in [3.63, 3.8) is 0 Å². The molecule has 26 heavy (non-hydrogen) atoms. The average Bonchev–Trinajstić information content (AvgIpc) is 2.98. The molecule has 1 aromatic rings. The lowest BCUT2D eigenvalue weighted by molar-refractivity contribution is -0.153. The average molecular weight is 401 g/mol. The molecule has 1 aliphatic heterocycles. The summed E-state index contributed by atoms with van der Waals surface area (Å²) in [4.78, 5) is 11.8. The van der Waals surface area contributed by atoms with E-state index in [1.165, 1.54) is 17.8 Å². The maximum atomic E-state index is 11.8. The molecule has 1 spiro atoms. The van der Waals surface area contributed by atoms with Crippen molar-refractivity contribution in [2.45, 2.75) is 41.8 Å². The lowest BCUT2D eigenvalue weighted by Crippen LogP contribution is -2.37. The third-order valence-corrected chi connectivity index (χ3v) is 6.17. The van der Waals surface area contributed by atoms with E-state index in [0.29, 0.717) is 23.6 Å². The fraction of sp³-hybridized carbons (Fsp3) is 0.500. The molecule has 0 aromatic heterocycles. The van der Waals surface area contributed by atoms with Crippen LogP contribution in [0.2, 0.25) is 5.02 Å². The Labute approximate surface area is 160 Å². The second kappa shape index (κ2) is 8.29. The highest BCUT2D eigenvalue weighted by molar-refractivity contribution is 7.99. The van der Waals surface area contributed by atoms with Gasteiger partial charge in [0.05, 0.1) is 18.8 Å². The number of benzene rings is 1. The highest BCUT2D eigenvalue weighted by Crippen LogP contribution is 2.42. The van der Waals surface area contributed by atoms with Gasteiger partial charge in [-0.25, -0.2) is 4.79 Å². The van der Waals surface area contributed by atoms with Crippen molar-refractivity contribution in [2.75, 3.05) is 13.2 Å². The largest absolute Gasteiger partial charge is 0.478 e. The maximum absolute atomic E-state index is 11.8. The van der Waals surface area contributed by atoms with E-state index in [4.69, 9.17) is 21.1 Å². The Morgan fingerprint density at radius 1 is 1.27 bits per heavy atom. The van der Waals surface area contributed by atoms with Crippen molar-refractivity contribution in [3.8, 4) is 0 Å². The van der Waals surface area contributed by atoms with Gasteiger partial charge in [-0.05, 0) is 30.2 Å². The van der Waals surface area contributed by atoms with E-state index in [1.54, 1.807) is 6.07 Å². The fourth-order valence-electron chi connectivity index (χ4n) is 3.27. The smallest absolute Gasteiger partial charge is 0.332 e. The van der Waals surface area contributed by atoms with Crippen molar-refractivity contribution in [2.24, 2.45) is 0 Å². The molecule has 0 saturated carbocycles. The summed E-state index contributed by atoms with van der Waals surface area (Å²) in [7, 11) is 0. The number of halogens is 1. The van der Waals surface area contributed by atoms with Gasteiger partial charge in [0, 0.05) is 22.4 Å². The Balaban J connectivity index is 1.74. The number of aliphatic hydroxyl groups excluding tert-OH is 2. The summed E-state index contributed by atoms with van der Waals surface area (Å²) >= 11 is 7.53. The van der Waals surface area contributed by atoms with E-state index in [-0.39, 0.29) is 24.0 Å². The molecule has 142 valence electrons. The van der Waals surface area contributed by atoms with Gasteiger partial charge in [-0.15, -0.1) is 11.8 Å². The minimum absolute atomic E-state index is 0.204. The Kier molecular flexibility index (Phi) is 6.27. The number of carboxylic acid groups (broad SMARTS) is 1. The van der Waals surface area contributed by atoms with Crippen LogP contribution in [0.5, 0.6) is 0 Å². The number of rotatable bonds is 6. The van der Waals surface area contributed by atoms with Gasteiger partial charge in [0.1, 0.15) is 12.2 Å². The van der Waals surface area contributed by atoms with Crippen molar-refractivity contribution in [1.29, 1.82) is 0 Å². The number of aliphatic carboxylic acids is 1. The molecular formula is C18H21ClO6S. The highest BCUT2D eigenvalue weighted by atomic mass is 35.5. The topological polar surface area (TPSA) is 96.2 Å². The second-order valence-electron chi connectivity index (χ2n) is 6.36. The number of aliphatic hydroxyl groups is 2. The fourth-order valence-corrected chi connectivity index (χ4v) is 4.69. The first-order chi connectivity index (χ1) is 12.5. The van der Waals surface area contributed by atoms with Crippen molar-refractivity contribution >= 4 is 29.3 Å². The van der Waals surface area contributed by atoms with E-state index in [0.717, 1.165) is 5.56 Å². The molecule has 1 heterocycles. The Morgan fingerprint density at radius 3 is 2.54 bits per heavy atom. The summed E-state index contributed by atoms with van der Waals surface area (Å²) in [6.45, 7) is -0.591. The summed E-state index contributed by atoms with van der Waals surface area (Å²) in [5.41, 5.74) is 1.25. The first-order valence-electron chi connectivity index (χ1n) is 8.36. The van der Waals surface area contributed by atoms with Crippen molar-refractivity contribution in [3.05, 3.63) is 46.5 Å². The third kappa shape index (κ3) is 4.24. The van der Waals surface area contributed by atoms with Crippen LogP contribution in [0.4, 0.5) is 0 Å². The number of thioether (sulfide) groups is 1. The van der Waals surface area contributed by atoms with Gasteiger partial charge < -0.3 is 24.8 Å². The lowest BCUT2D eigenvalue weighted by Gasteiger charge is -2.33. The van der Waals surface area contributed by atoms with Crippen LogP contribution >= 0.6 is 23.4 Å². The first-order valence-corrected chi connectivity index (χ1v) is 9.78. The summed E-state index contributed by atoms with van der Waals surface area (Å²) in [6, 6.07) is 7.48. The van der Waals surface area contributed by atoms with Crippen LogP contribution in [0.1, 0.15) is 18.4 Å². The maximum Gasteiger partial charge on any atom is 0.332 e. The van der Waals surface area contributed by atoms with Gasteiger partial charge in [-0.1, -0.05) is 23.7 Å². The van der Waals surface area contributed by atoms with Crippen LogP contribution in [-0.2, 0) is 20.0 Å². The van der Waals surface area contributed by atoms with Crippen LogP contribution in [0.15, 0.2) is 35.9 Å². The second-order valence-corrected chi connectivity index (χ2v) is 7.99. The Morgan fingerprint density at radius 2 is 1.96 bits per heavy atom. The predicted molar refractivity (Wildman–Crippen MR) is 98.1 cm³/mol. The summed E-state index contributed by atoms with van der Waals surface area (Å²) in [5, 5.41) is 28.8. The van der Waals surface area contributed by atoms with Gasteiger partial charge in [-0.3, -0.25) is 0 Å². The van der Waals surface area contributed by atoms with E-state index in [2.05, 4.69) is 0 Å². The van der Waals surface area contributed by atoms with E-state index in [9.17, 15) is 20.1 Å². The molecule has 0 amide bonds. The molecule has 1 saturated heterocycles. The van der Waals surface area contributed by atoms with Gasteiger partial charge in [0.2, 0.25) is 0 Å². The van der Waals surface area contributed by atoms with Crippen LogP contribution in [0.25, 0.3) is 0 Å². The number of carboxylic acids is 1. The van der Waals surface area contributed by atoms with E-state index in [1.807, 2.05) is 18.2 Å². The molecule has 1 fully saturated rings. The molecule has 1 aromatic carbocycles. The molecular weight excluding hydrogens is 380 g/mol. The van der Waals surface area contributed by atoms with Gasteiger partial charge in [0.15, 0.2) is 5.79 Å². The van der Waals surface area contributed by atoms with Crippen LogP contribution in [0.3, 0.4) is 0 Å². The molecule has 1 aliphatic carbocycles. The first kappa shape index (κ1) is 19.7. The standard InChI is InChI=1S/C18H21ClO6S/c19-12-3-1-2-11(6-12)10-26-16-4-5-18(7-13(16)17(22)23)24-14(8-20)15(9-21)25-18/h1-3,6-7,14-16,20-21H,4-5,8-10H2,(H,22,23)/t14-,15-,16?/m1/s1. The molecule has 6 nitrogen and oxygen atoms in total. The predicted octanol–water partition coefficient (Wildman–Crippen LogP) is 2.21. The zero-order chi connectivity index (χ0) is 18.7.